The van der Waals surface area contributed by atoms with E-state index in [1.54, 1.807) is 48.0 Å². The van der Waals surface area contributed by atoms with Gasteiger partial charge in [0.2, 0.25) is 0 Å². The summed E-state index contributed by atoms with van der Waals surface area (Å²) in [4.78, 5) is 31.7. The van der Waals surface area contributed by atoms with Crippen LogP contribution in [0.25, 0.3) is 11.3 Å². The summed E-state index contributed by atoms with van der Waals surface area (Å²) in [6, 6.07) is 11.2. The molecule has 0 aliphatic rings. The molecule has 3 amide bonds. The molecule has 0 saturated carbocycles. The van der Waals surface area contributed by atoms with Crippen molar-refractivity contribution in [2.45, 2.75) is 6.04 Å². The Labute approximate surface area is 181 Å². The number of carbonyl (C=O) groups excluding carboxylic acids is 2. The lowest BCUT2D eigenvalue weighted by Gasteiger charge is -2.19. The van der Waals surface area contributed by atoms with Gasteiger partial charge in [-0.25, -0.2) is 14.6 Å². The summed E-state index contributed by atoms with van der Waals surface area (Å²) in [5.41, 5.74) is 7.64. The SMILES string of the molecule is C#Cc1nc(NC(=O)NC(COC(N)=O)c2ccc(-c3cc(C#N)ccn3)cc2)cs1. The lowest BCUT2D eigenvalue weighted by Crippen LogP contribution is -2.36. The molecule has 1 atom stereocenters. The van der Waals surface area contributed by atoms with Gasteiger partial charge >= 0.3 is 12.1 Å². The van der Waals surface area contributed by atoms with Crippen molar-refractivity contribution in [1.82, 2.24) is 15.3 Å². The van der Waals surface area contributed by atoms with E-state index in [2.05, 4.69) is 32.6 Å². The van der Waals surface area contributed by atoms with Gasteiger partial charge in [-0.15, -0.1) is 17.8 Å². The third-order valence-electron chi connectivity index (χ3n) is 4.06. The van der Waals surface area contributed by atoms with Crippen molar-refractivity contribution in [3.8, 4) is 29.7 Å². The van der Waals surface area contributed by atoms with Crippen LogP contribution in [0.1, 0.15) is 22.2 Å². The van der Waals surface area contributed by atoms with Crippen LogP contribution in [0.5, 0.6) is 0 Å². The molecule has 9 nitrogen and oxygen atoms in total. The molecule has 0 spiro atoms. The normalized spacial score (nSPS) is 10.9. The molecule has 0 aliphatic heterocycles. The molecule has 3 aromatic rings. The Morgan fingerprint density at radius 2 is 2.06 bits per heavy atom. The molecule has 4 N–H and O–H groups in total. The molecule has 154 valence electrons. The van der Waals surface area contributed by atoms with E-state index < -0.39 is 18.2 Å². The fourth-order valence-electron chi connectivity index (χ4n) is 2.64. The molecular formula is C21H16N6O3S. The van der Waals surface area contributed by atoms with Crippen molar-refractivity contribution in [3.05, 3.63) is 64.1 Å². The van der Waals surface area contributed by atoms with Crippen LogP contribution in [-0.4, -0.2) is 28.7 Å². The first-order valence-electron chi connectivity index (χ1n) is 8.87. The van der Waals surface area contributed by atoms with Crippen molar-refractivity contribution >= 4 is 29.3 Å². The molecule has 1 aromatic carbocycles. The van der Waals surface area contributed by atoms with Crippen molar-refractivity contribution in [1.29, 1.82) is 5.26 Å². The van der Waals surface area contributed by atoms with Gasteiger partial charge in [-0.3, -0.25) is 10.3 Å². The van der Waals surface area contributed by atoms with Crippen LogP contribution in [0.3, 0.4) is 0 Å². The molecule has 0 radical (unpaired) electrons. The number of ether oxygens (including phenoxy) is 1. The van der Waals surface area contributed by atoms with Crippen LogP contribution < -0.4 is 16.4 Å². The predicted octanol–water partition coefficient (Wildman–Crippen LogP) is 3.02. The van der Waals surface area contributed by atoms with E-state index >= 15 is 0 Å². The number of benzene rings is 1. The number of anilines is 1. The van der Waals surface area contributed by atoms with Gasteiger partial charge < -0.3 is 15.8 Å². The zero-order valence-electron chi connectivity index (χ0n) is 16.0. The minimum absolute atomic E-state index is 0.170. The summed E-state index contributed by atoms with van der Waals surface area (Å²) in [5.74, 6) is 2.70. The summed E-state index contributed by atoms with van der Waals surface area (Å²) < 4.78 is 4.88. The lowest BCUT2D eigenvalue weighted by atomic mass is 10.0. The maximum atomic E-state index is 12.4. The number of carbonyl (C=O) groups is 2. The Balaban J connectivity index is 1.76. The number of pyridine rings is 1. The number of thiazole rings is 1. The van der Waals surface area contributed by atoms with Gasteiger partial charge in [0.1, 0.15) is 12.4 Å². The molecule has 0 fully saturated rings. The third kappa shape index (κ3) is 5.79. The number of nitrogens with two attached hydrogens (primary N) is 1. The van der Waals surface area contributed by atoms with Gasteiger partial charge in [-0.2, -0.15) is 5.26 Å². The van der Waals surface area contributed by atoms with Gasteiger partial charge in [0.25, 0.3) is 0 Å². The number of nitrogens with zero attached hydrogens (tertiary/aromatic N) is 3. The number of nitrogens with one attached hydrogen (secondary N) is 2. The molecule has 2 aromatic heterocycles. The van der Waals surface area contributed by atoms with Crippen LogP contribution in [0.2, 0.25) is 0 Å². The number of urea groups is 1. The van der Waals surface area contributed by atoms with Crippen molar-refractivity contribution < 1.29 is 14.3 Å². The van der Waals surface area contributed by atoms with E-state index in [0.717, 1.165) is 5.56 Å². The van der Waals surface area contributed by atoms with Gasteiger partial charge in [0.15, 0.2) is 5.01 Å². The molecule has 31 heavy (non-hydrogen) atoms. The van der Waals surface area contributed by atoms with Crippen molar-refractivity contribution in [2.75, 3.05) is 11.9 Å². The number of aromatic nitrogens is 2. The highest BCUT2D eigenvalue weighted by Crippen LogP contribution is 2.22. The average Bonchev–Trinajstić information content (AvgIpc) is 3.24. The number of nitriles is 1. The van der Waals surface area contributed by atoms with Gasteiger partial charge in [-0.05, 0) is 23.6 Å². The van der Waals surface area contributed by atoms with E-state index in [0.29, 0.717) is 27.6 Å². The average molecular weight is 432 g/mol. The Morgan fingerprint density at radius 1 is 1.29 bits per heavy atom. The van der Waals surface area contributed by atoms with Gasteiger partial charge in [-0.1, -0.05) is 24.3 Å². The van der Waals surface area contributed by atoms with Crippen LogP contribution in [-0.2, 0) is 4.74 Å². The minimum atomic E-state index is -0.959. The second-order valence-electron chi connectivity index (χ2n) is 6.13. The van der Waals surface area contributed by atoms with E-state index in [4.69, 9.17) is 22.2 Å². The summed E-state index contributed by atoms with van der Waals surface area (Å²) in [6.07, 6.45) is 5.88. The second kappa shape index (κ2) is 9.87. The van der Waals surface area contributed by atoms with Crippen LogP contribution in [0.4, 0.5) is 15.4 Å². The van der Waals surface area contributed by atoms with Gasteiger partial charge in [0, 0.05) is 17.1 Å². The zero-order chi connectivity index (χ0) is 22.2. The highest BCUT2D eigenvalue weighted by atomic mass is 32.1. The quantitative estimate of drug-likeness (QED) is 0.511. The number of hydrogen-bond acceptors (Lipinski definition) is 7. The number of rotatable bonds is 6. The van der Waals surface area contributed by atoms with Crippen molar-refractivity contribution in [2.24, 2.45) is 5.73 Å². The molecule has 1 unspecified atom stereocenters. The van der Waals surface area contributed by atoms with Gasteiger partial charge in [0.05, 0.1) is 23.4 Å². The molecule has 10 heteroatoms. The summed E-state index contributed by atoms with van der Waals surface area (Å²) in [5, 5.41) is 16.4. The topological polar surface area (TPSA) is 143 Å². The van der Waals surface area contributed by atoms with E-state index in [9.17, 15) is 9.59 Å². The van der Waals surface area contributed by atoms with Crippen LogP contribution >= 0.6 is 11.3 Å². The highest BCUT2D eigenvalue weighted by Gasteiger charge is 2.17. The molecular weight excluding hydrogens is 416 g/mol. The number of terminal acetylenes is 1. The Morgan fingerprint density at radius 3 is 2.71 bits per heavy atom. The van der Waals surface area contributed by atoms with Crippen LogP contribution in [0, 0.1) is 23.7 Å². The van der Waals surface area contributed by atoms with E-state index in [-0.39, 0.29) is 6.61 Å². The fourth-order valence-corrected chi connectivity index (χ4v) is 3.19. The maximum absolute atomic E-state index is 12.4. The first-order valence-corrected chi connectivity index (χ1v) is 9.75. The van der Waals surface area contributed by atoms with E-state index in [1.807, 2.05) is 0 Å². The zero-order valence-corrected chi connectivity index (χ0v) is 16.8. The fraction of sp³-hybridized carbons (Fsp3) is 0.0952. The second-order valence-corrected chi connectivity index (χ2v) is 6.98. The van der Waals surface area contributed by atoms with E-state index in [1.165, 1.54) is 11.3 Å². The summed E-state index contributed by atoms with van der Waals surface area (Å²) >= 11 is 1.22. The molecule has 0 saturated heterocycles. The Bertz CT molecular complexity index is 1180. The third-order valence-corrected chi connectivity index (χ3v) is 4.84. The first kappa shape index (κ1) is 21.3. The molecule has 3 rings (SSSR count). The number of primary amides is 1. The Hall–Kier alpha value is -4.41. The highest BCUT2D eigenvalue weighted by molar-refractivity contribution is 7.10. The monoisotopic (exact) mass is 432 g/mol. The minimum Gasteiger partial charge on any atom is -0.447 e. The maximum Gasteiger partial charge on any atom is 0.404 e. The largest absolute Gasteiger partial charge is 0.447 e. The standard InChI is InChI=1S/C21H16N6O3S/c1-2-19-26-18(12-31-19)27-21(29)25-17(11-30-20(23)28)15-5-3-14(4-6-15)16-9-13(10-22)7-8-24-16/h1,3-9,12,17H,11H2,(H2,23,28)(H2,25,27,29). The molecule has 0 bridgehead atoms. The summed E-state index contributed by atoms with van der Waals surface area (Å²) in [6.45, 7) is -0.170. The molecule has 2 heterocycles. The van der Waals surface area contributed by atoms with Crippen molar-refractivity contribution in [3.63, 3.8) is 0 Å². The smallest absolute Gasteiger partial charge is 0.404 e. The predicted molar refractivity (Wildman–Crippen MR) is 115 cm³/mol. The first-order chi connectivity index (χ1) is 15.0. The lowest BCUT2D eigenvalue weighted by molar-refractivity contribution is 0.144. The number of hydrogen-bond donors (Lipinski definition) is 3. The molecule has 0 aliphatic carbocycles. The van der Waals surface area contributed by atoms with Crippen LogP contribution in [0.15, 0.2) is 48.0 Å². The summed E-state index contributed by atoms with van der Waals surface area (Å²) in [7, 11) is 0. The Kier molecular flexibility index (Phi) is 6.78. The number of amides is 3.